The van der Waals surface area contributed by atoms with E-state index in [1.807, 2.05) is 13.0 Å². The van der Waals surface area contributed by atoms with E-state index in [2.05, 4.69) is 9.97 Å². The van der Waals surface area contributed by atoms with Gasteiger partial charge in [0, 0.05) is 11.3 Å². The van der Waals surface area contributed by atoms with Crippen LogP contribution < -0.4 is 11.3 Å². The topological polar surface area (TPSA) is 112 Å². The first-order chi connectivity index (χ1) is 18.3. The summed E-state index contributed by atoms with van der Waals surface area (Å²) in [4.78, 5) is 22.2. The van der Waals surface area contributed by atoms with Crippen LogP contribution in [-0.4, -0.2) is 29.4 Å². The number of aromatic hydroxyl groups is 1. The van der Waals surface area contributed by atoms with Crippen molar-refractivity contribution in [1.82, 2.24) is 24.3 Å². The molecule has 1 atom stereocenters. The zero-order chi connectivity index (χ0) is 26.6. The van der Waals surface area contributed by atoms with Crippen molar-refractivity contribution in [2.24, 2.45) is 0 Å². The zero-order valence-corrected chi connectivity index (χ0v) is 20.0. The molecule has 0 unspecified atom stereocenters. The van der Waals surface area contributed by atoms with Gasteiger partial charge in [0.2, 0.25) is 0 Å². The minimum absolute atomic E-state index is 0.0237. The SMILES string of the molecule is C[C@@H](c1cc2cccc(F)c2c(=O)n1-c1ccccc1)n1nc(-c2ccc(O)c(F)c2)c2c(N)ncnc21. The van der Waals surface area contributed by atoms with Crippen molar-refractivity contribution in [2.75, 3.05) is 5.73 Å². The molecule has 10 heteroatoms. The first kappa shape index (κ1) is 23.3. The van der Waals surface area contributed by atoms with Crippen molar-refractivity contribution in [2.45, 2.75) is 13.0 Å². The van der Waals surface area contributed by atoms with Crippen molar-refractivity contribution in [1.29, 1.82) is 0 Å². The summed E-state index contributed by atoms with van der Waals surface area (Å²) in [5.74, 6) is -1.79. The molecule has 0 saturated carbocycles. The van der Waals surface area contributed by atoms with Crippen molar-refractivity contribution in [3.05, 3.63) is 107 Å². The number of fused-ring (bicyclic) bond motifs is 2. The van der Waals surface area contributed by atoms with Crippen molar-refractivity contribution in [3.63, 3.8) is 0 Å². The molecule has 0 fully saturated rings. The fourth-order valence-electron chi connectivity index (χ4n) is 4.74. The van der Waals surface area contributed by atoms with Gasteiger partial charge in [-0.25, -0.2) is 23.4 Å². The number of nitrogens with two attached hydrogens (primary N) is 1. The third-order valence-corrected chi connectivity index (χ3v) is 6.57. The van der Waals surface area contributed by atoms with E-state index in [-0.39, 0.29) is 11.2 Å². The Morgan fingerprint density at radius 1 is 0.921 bits per heavy atom. The van der Waals surface area contributed by atoms with E-state index in [1.165, 1.54) is 29.1 Å². The second kappa shape index (κ2) is 8.77. The molecule has 0 amide bonds. The summed E-state index contributed by atoms with van der Waals surface area (Å²) >= 11 is 0. The maximum atomic E-state index is 14.8. The monoisotopic (exact) mass is 510 g/mol. The van der Waals surface area contributed by atoms with E-state index < -0.39 is 29.0 Å². The van der Waals surface area contributed by atoms with Crippen LogP contribution in [0.1, 0.15) is 18.7 Å². The Kier molecular flexibility index (Phi) is 5.37. The highest BCUT2D eigenvalue weighted by Crippen LogP contribution is 2.35. The summed E-state index contributed by atoms with van der Waals surface area (Å²) in [7, 11) is 0. The van der Waals surface area contributed by atoms with Gasteiger partial charge < -0.3 is 10.8 Å². The number of hydrogen-bond acceptors (Lipinski definition) is 6. The quantitative estimate of drug-likeness (QED) is 0.346. The van der Waals surface area contributed by atoms with Crippen LogP contribution in [0.25, 0.3) is 38.8 Å². The molecular weight excluding hydrogens is 490 g/mol. The lowest BCUT2D eigenvalue weighted by atomic mass is 10.1. The van der Waals surface area contributed by atoms with E-state index in [0.717, 1.165) is 6.07 Å². The third kappa shape index (κ3) is 3.57. The number of hydrogen-bond donors (Lipinski definition) is 2. The van der Waals surface area contributed by atoms with Gasteiger partial charge in [-0.15, -0.1) is 0 Å². The number of halogens is 2. The Morgan fingerprint density at radius 3 is 2.47 bits per heavy atom. The smallest absolute Gasteiger partial charge is 0.266 e. The molecular formula is C28H20F2N6O2. The maximum Gasteiger partial charge on any atom is 0.266 e. The molecule has 6 rings (SSSR count). The number of aromatic nitrogens is 5. The van der Waals surface area contributed by atoms with Gasteiger partial charge in [0.25, 0.3) is 5.56 Å². The molecule has 38 heavy (non-hydrogen) atoms. The number of nitrogen functional groups attached to an aromatic ring is 1. The van der Waals surface area contributed by atoms with E-state index in [4.69, 9.17) is 10.8 Å². The molecule has 8 nitrogen and oxygen atoms in total. The fraction of sp³-hybridized carbons (Fsp3) is 0.0714. The molecule has 6 aromatic rings. The number of phenolic OH excluding ortho intramolecular Hbond substituents is 1. The van der Waals surface area contributed by atoms with Gasteiger partial charge >= 0.3 is 0 Å². The minimum atomic E-state index is -0.817. The van der Waals surface area contributed by atoms with Crippen LogP contribution in [0.3, 0.4) is 0 Å². The van der Waals surface area contributed by atoms with Gasteiger partial charge in [-0.2, -0.15) is 5.10 Å². The predicted molar refractivity (Wildman–Crippen MR) is 140 cm³/mol. The van der Waals surface area contributed by atoms with E-state index in [9.17, 15) is 18.7 Å². The first-order valence-electron chi connectivity index (χ1n) is 11.7. The molecule has 0 aliphatic carbocycles. The molecule has 3 heterocycles. The summed E-state index contributed by atoms with van der Waals surface area (Å²) in [6.07, 6.45) is 1.30. The molecule has 188 valence electrons. The Balaban J connectivity index is 1.65. The largest absolute Gasteiger partial charge is 0.505 e. The lowest BCUT2D eigenvalue weighted by Crippen LogP contribution is -2.26. The van der Waals surface area contributed by atoms with Crippen LogP contribution in [0, 0.1) is 11.6 Å². The van der Waals surface area contributed by atoms with Crippen LogP contribution in [0.2, 0.25) is 0 Å². The molecule has 3 aromatic heterocycles. The number of phenols is 1. The second-order valence-electron chi connectivity index (χ2n) is 8.84. The molecule has 3 aromatic carbocycles. The minimum Gasteiger partial charge on any atom is -0.505 e. The van der Waals surface area contributed by atoms with Crippen LogP contribution in [0.4, 0.5) is 14.6 Å². The number of nitrogens with zero attached hydrogens (tertiary/aromatic N) is 5. The number of para-hydroxylation sites is 1. The van der Waals surface area contributed by atoms with E-state index >= 15 is 0 Å². The van der Waals surface area contributed by atoms with Crippen LogP contribution >= 0.6 is 0 Å². The summed E-state index contributed by atoms with van der Waals surface area (Å²) in [5.41, 5.74) is 7.79. The normalized spacial score (nSPS) is 12.3. The van der Waals surface area contributed by atoms with Gasteiger partial charge in [0.05, 0.1) is 22.5 Å². The highest BCUT2D eigenvalue weighted by Gasteiger charge is 2.25. The molecule has 0 bridgehead atoms. The summed E-state index contributed by atoms with van der Waals surface area (Å²) in [6, 6.07) is 18.4. The van der Waals surface area contributed by atoms with Gasteiger partial charge in [-0.3, -0.25) is 9.36 Å². The third-order valence-electron chi connectivity index (χ3n) is 6.57. The number of benzene rings is 3. The van der Waals surface area contributed by atoms with E-state index in [0.29, 0.717) is 39.1 Å². The summed E-state index contributed by atoms with van der Waals surface area (Å²) in [6.45, 7) is 1.82. The fourth-order valence-corrected chi connectivity index (χ4v) is 4.74. The first-order valence-corrected chi connectivity index (χ1v) is 11.7. The van der Waals surface area contributed by atoms with Crippen LogP contribution in [0.5, 0.6) is 5.75 Å². The molecule has 0 aliphatic rings. The molecule has 0 aliphatic heterocycles. The van der Waals surface area contributed by atoms with Gasteiger partial charge in [0.15, 0.2) is 17.2 Å². The van der Waals surface area contributed by atoms with Crippen molar-refractivity contribution in [3.8, 4) is 22.7 Å². The average molecular weight is 511 g/mol. The Bertz CT molecular complexity index is 1920. The Hall–Kier alpha value is -5.12. The lowest BCUT2D eigenvalue weighted by molar-refractivity contribution is 0.432. The second-order valence-corrected chi connectivity index (χ2v) is 8.84. The number of pyridine rings is 1. The maximum absolute atomic E-state index is 14.8. The van der Waals surface area contributed by atoms with Gasteiger partial charge in [-0.05, 0) is 54.8 Å². The summed E-state index contributed by atoms with van der Waals surface area (Å²) in [5, 5.41) is 15.2. The van der Waals surface area contributed by atoms with Crippen molar-refractivity contribution < 1.29 is 13.9 Å². The zero-order valence-electron chi connectivity index (χ0n) is 20.0. The number of anilines is 1. The average Bonchev–Trinajstić information content (AvgIpc) is 3.31. The molecule has 0 radical (unpaired) electrons. The molecule has 0 spiro atoms. The van der Waals surface area contributed by atoms with Gasteiger partial charge in [-0.1, -0.05) is 30.3 Å². The van der Waals surface area contributed by atoms with Crippen LogP contribution in [0.15, 0.2) is 83.9 Å². The Labute approximate surface area is 214 Å². The molecule has 0 saturated heterocycles. The number of rotatable bonds is 4. The lowest BCUT2D eigenvalue weighted by Gasteiger charge is -2.21. The Morgan fingerprint density at radius 2 is 1.71 bits per heavy atom. The summed E-state index contributed by atoms with van der Waals surface area (Å²) < 4.78 is 32.1. The molecule has 3 N–H and O–H groups in total. The van der Waals surface area contributed by atoms with Crippen LogP contribution in [-0.2, 0) is 0 Å². The van der Waals surface area contributed by atoms with E-state index in [1.54, 1.807) is 47.1 Å². The highest BCUT2D eigenvalue weighted by atomic mass is 19.1. The van der Waals surface area contributed by atoms with Crippen molar-refractivity contribution >= 4 is 27.6 Å². The predicted octanol–water partition coefficient (Wildman–Crippen LogP) is 4.97. The van der Waals surface area contributed by atoms with Gasteiger partial charge in [0.1, 0.15) is 23.7 Å². The standard InChI is InChI=1S/C28H20F2N6O2/c1-15(21-13-16-6-5-9-19(29)23(16)28(38)35(21)18-7-3-2-4-8-18)36-27-24(26(31)32-14-33-27)25(34-36)17-10-11-22(37)20(30)12-17/h2-15,37H,1H3,(H2,31,32,33)/t15-/m0/s1. The highest BCUT2D eigenvalue weighted by molar-refractivity contribution is 5.98.